The molecule has 0 spiro atoms. The molecule has 0 unspecified atom stereocenters. The molecular formula is C17H21BrN4OS. The fourth-order valence-corrected chi connectivity index (χ4v) is 3.94. The number of aryl methyl sites for hydroxylation is 1. The van der Waals surface area contributed by atoms with Crippen molar-refractivity contribution in [2.75, 3.05) is 12.8 Å². The highest BCUT2D eigenvalue weighted by Gasteiger charge is 2.17. The van der Waals surface area contributed by atoms with Crippen molar-refractivity contribution >= 4 is 33.6 Å². The lowest BCUT2D eigenvalue weighted by Gasteiger charge is -2.17. The van der Waals surface area contributed by atoms with Crippen molar-refractivity contribution in [2.45, 2.75) is 43.9 Å². The lowest BCUT2D eigenvalue weighted by molar-refractivity contribution is -0.127. The van der Waals surface area contributed by atoms with E-state index in [4.69, 9.17) is 0 Å². The highest BCUT2D eigenvalue weighted by Crippen LogP contribution is 2.22. The zero-order valence-electron chi connectivity index (χ0n) is 13.7. The number of halogens is 1. The molecule has 0 atom stereocenters. The van der Waals surface area contributed by atoms with E-state index in [9.17, 15) is 4.79 Å². The van der Waals surface area contributed by atoms with Gasteiger partial charge in [0, 0.05) is 31.0 Å². The first kappa shape index (κ1) is 17.5. The minimum atomic E-state index is 0.105. The van der Waals surface area contributed by atoms with Crippen LogP contribution < -0.4 is 0 Å². The molecule has 0 fully saturated rings. The van der Waals surface area contributed by atoms with Gasteiger partial charge >= 0.3 is 0 Å². The summed E-state index contributed by atoms with van der Waals surface area (Å²) in [6.45, 7) is 1.58. The van der Waals surface area contributed by atoms with E-state index in [1.807, 2.05) is 31.3 Å². The molecule has 7 heteroatoms. The van der Waals surface area contributed by atoms with E-state index in [-0.39, 0.29) is 5.91 Å². The fourth-order valence-electron chi connectivity index (χ4n) is 2.75. The molecule has 0 saturated carbocycles. The van der Waals surface area contributed by atoms with Crippen LogP contribution in [0.4, 0.5) is 0 Å². The Bertz CT molecular complexity index is 701. The predicted octanol–water partition coefficient (Wildman–Crippen LogP) is 3.52. The van der Waals surface area contributed by atoms with Gasteiger partial charge in [-0.05, 0) is 30.5 Å². The van der Waals surface area contributed by atoms with Gasteiger partial charge in [0.1, 0.15) is 5.82 Å². The molecule has 0 N–H and O–H groups in total. The van der Waals surface area contributed by atoms with E-state index < -0.39 is 0 Å². The molecule has 0 radical (unpaired) electrons. The molecule has 2 aromatic rings. The lowest BCUT2D eigenvalue weighted by atomic mass is 10.2. The van der Waals surface area contributed by atoms with Crippen LogP contribution in [0.15, 0.2) is 33.9 Å². The van der Waals surface area contributed by atoms with Gasteiger partial charge in [0.15, 0.2) is 5.16 Å². The number of hydrogen-bond donors (Lipinski definition) is 0. The molecule has 0 aliphatic carbocycles. The molecular weight excluding hydrogens is 388 g/mol. The van der Waals surface area contributed by atoms with Gasteiger partial charge in [-0.1, -0.05) is 46.2 Å². The number of aromatic nitrogens is 3. The van der Waals surface area contributed by atoms with E-state index in [0.29, 0.717) is 12.3 Å². The summed E-state index contributed by atoms with van der Waals surface area (Å²) in [6, 6.07) is 8.04. The molecule has 1 amide bonds. The highest BCUT2D eigenvalue weighted by atomic mass is 79.9. The van der Waals surface area contributed by atoms with Gasteiger partial charge in [-0.2, -0.15) is 0 Å². The maximum Gasteiger partial charge on any atom is 0.233 e. The van der Waals surface area contributed by atoms with Crippen LogP contribution in [0.1, 0.15) is 30.7 Å². The Hall–Kier alpha value is -1.34. The number of amides is 1. The van der Waals surface area contributed by atoms with E-state index in [1.54, 1.807) is 4.90 Å². The topological polar surface area (TPSA) is 51.0 Å². The molecule has 0 saturated heterocycles. The van der Waals surface area contributed by atoms with Crippen LogP contribution >= 0.6 is 27.7 Å². The zero-order valence-corrected chi connectivity index (χ0v) is 16.1. The summed E-state index contributed by atoms with van der Waals surface area (Å²) < 4.78 is 3.22. The molecule has 1 aliphatic heterocycles. The first-order valence-corrected chi connectivity index (χ1v) is 9.94. The second-order valence-corrected chi connectivity index (χ2v) is 7.88. The average molecular weight is 409 g/mol. The number of carbonyl (C=O) groups is 1. The Kier molecular flexibility index (Phi) is 5.94. The highest BCUT2D eigenvalue weighted by molar-refractivity contribution is 9.10. The van der Waals surface area contributed by atoms with Crippen LogP contribution in [0.2, 0.25) is 0 Å². The molecule has 2 heterocycles. The number of benzene rings is 1. The van der Waals surface area contributed by atoms with Gasteiger partial charge < -0.3 is 9.47 Å². The van der Waals surface area contributed by atoms with Crippen LogP contribution in [-0.4, -0.2) is 38.4 Å². The average Bonchev–Trinajstić information content (AvgIpc) is 2.81. The van der Waals surface area contributed by atoms with Crippen LogP contribution in [0.25, 0.3) is 0 Å². The van der Waals surface area contributed by atoms with Crippen molar-refractivity contribution < 1.29 is 4.79 Å². The van der Waals surface area contributed by atoms with Crippen molar-refractivity contribution in [3.8, 4) is 0 Å². The van der Waals surface area contributed by atoms with Crippen molar-refractivity contribution in [3.05, 3.63) is 40.1 Å². The second-order valence-electron chi connectivity index (χ2n) is 6.03. The normalized spacial score (nSPS) is 14.1. The van der Waals surface area contributed by atoms with E-state index in [1.165, 1.54) is 24.6 Å². The van der Waals surface area contributed by atoms with Crippen molar-refractivity contribution in [2.24, 2.45) is 0 Å². The van der Waals surface area contributed by atoms with Gasteiger partial charge in [-0.3, -0.25) is 4.79 Å². The molecule has 1 aromatic heterocycles. The van der Waals surface area contributed by atoms with Crippen LogP contribution in [0, 0.1) is 0 Å². The molecule has 1 aliphatic rings. The number of fused-ring (bicyclic) bond motifs is 1. The number of thioether (sulfide) groups is 1. The number of carbonyl (C=O) groups excluding carboxylic acids is 1. The molecule has 24 heavy (non-hydrogen) atoms. The molecule has 128 valence electrons. The Morgan fingerprint density at radius 3 is 2.83 bits per heavy atom. The molecule has 0 bridgehead atoms. The van der Waals surface area contributed by atoms with Crippen LogP contribution in [-0.2, 0) is 24.3 Å². The SMILES string of the molecule is CN(Cc1ccc(Br)cc1)C(=O)CSc1nnc2n1CCCCC2. The Morgan fingerprint density at radius 1 is 1.25 bits per heavy atom. The maximum atomic E-state index is 12.4. The zero-order chi connectivity index (χ0) is 16.9. The number of hydrogen-bond acceptors (Lipinski definition) is 4. The Labute approximate surface area is 155 Å². The summed E-state index contributed by atoms with van der Waals surface area (Å²) in [4.78, 5) is 14.1. The van der Waals surface area contributed by atoms with Crippen molar-refractivity contribution in [3.63, 3.8) is 0 Å². The Morgan fingerprint density at radius 2 is 2.04 bits per heavy atom. The first-order chi connectivity index (χ1) is 11.6. The van der Waals surface area contributed by atoms with Gasteiger partial charge in [-0.25, -0.2) is 0 Å². The third kappa shape index (κ3) is 4.39. The predicted molar refractivity (Wildman–Crippen MR) is 98.9 cm³/mol. The van der Waals surface area contributed by atoms with Crippen molar-refractivity contribution in [1.29, 1.82) is 0 Å². The fraction of sp³-hybridized carbons (Fsp3) is 0.471. The van der Waals surface area contributed by atoms with Gasteiger partial charge in [0.25, 0.3) is 0 Å². The number of rotatable bonds is 5. The van der Waals surface area contributed by atoms with Gasteiger partial charge in [-0.15, -0.1) is 10.2 Å². The number of nitrogens with zero attached hydrogens (tertiary/aromatic N) is 4. The maximum absolute atomic E-state index is 12.4. The standard InChI is InChI=1S/C17H21BrN4OS/c1-21(11-13-6-8-14(18)9-7-13)16(23)12-24-17-20-19-15-5-3-2-4-10-22(15)17/h6-9H,2-5,10-12H2,1H3. The van der Waals surface area contributed by atoms with Gasteiger partial charge in [0.05, 0.1) is 5.75 Å². The van der Waals surface area contributed by atoms with Gasteiger partial charge in [0.2, 0.25) is 5.91 Å². The smallest absolute Gasteiger partial charge is 0.233 e. The second kappa shape index (κ2) is 8.16. The minimum Gasteiger partial charge on any atom is -0.341 e. The summed E-state index contributed by atoms with van der Waals surface area (Å²) in [6.07, 6.45) is 4.57. The lowest BCUT2D eigenvalue weighted by Crippen LogP contribution is -2.27. The summed E-state index contributed by atoms with van der Waals surface area (Å²) in [5.74, 6) is 1.56. The third-order valence-corrected chi connectivity index (χ3v) is 5.64. The monoisotopic (exact) mass is 408 g/mol. The summed E-state index contributed by atoms with van der Waals surface area (Å²) in [7, 11) is 1.84. The molecule has 3 rings (SSSR count). The summed E-state index contributed by atoms with van der Waals surface area (Å²) in [5, 5.41) is 9.42. The van der Waals surface area contributed by atoms with Crippen LogP contribution in [0.3, 0.4) is 0 Å². The summed E-state index contributed by atoms with van der Waals surface area (Å²) in [5.41, 5.74) is 1.12. The van der Waals surface area contributed by atoms with E-state index in [2.05, 4.69) is 30.7 Å². The third-order valence-electron chi connectivity index (χ3n) is 4.16. The van der Waals surface area contributed by atoms with E-state index >= 15 is 0 Å². The summed E-state index contributed by atoms with van der Waals surface area (Å²) >= 11 is 4.92. The molecule has 1 aromatic carbocycles. The minimum absolute atomic E-state index is 0.105. The first-order valence-electron chi connectivity index (χ1n) is 8.17. The van der Waals surface area contributed by atoms with E-state index in [0.717, 1.165) is 40.4 Å². The quantitative estimate of drug-likeness (QED) is 0.710. The van der Waals surface area contributed by atoms with Crippen molar-refractivity contribution in [1.82, 2.24) is 19.7 Å². The Balaban J connectivity index is 1.55. The largest absolute Gasteiger partial charge is 0.341 e. The van der Waals surface area contributed by atoms with Crippen LogP contribution in [0.5, 0.6) is 0 Å². The molecule has 5 nitrogen and oxygen atoms in total.